The van der Waals surface area contributed by atoms with Crippen molar-refractivity contribution in [2.24, 2.45) is 0 Å². The van der Waals surface area contributed by atoms with Crippen molar-refractivity contribution < 1.29 is 9.53 Å². The minimum absolute atomic E-state index is 0.0870. The van der Waals surface area contributed by atoms with Crippen LogP contribution in [-0.2, 0) is 29.7 Å². The first-order valence-corrected chi connectivity index (χ1v) is 8.63. The Labute approximate surface area is 149 Å². The van der Waals surface area contributed by atoms with Gasteiger partial charge in [0.25, 0.3) is 0 Å². The van der Waals surface area contributed by atoms with Gasteiger partial charge in [0.05, 0.1) is 19.3 Å². The summed E-state index contributed by atoms with van der Waals surface area (Å²) in [6.45, 7) is 7.47. The summed E-state index contributed by atoms with van der Waals surface area (Å²) in [4.78, 5) is 23.6. The molecule has 1 aliphatic rings. The van der Waals surface area contributed by atoms with E-state index in [0.29, 0.717) is 25.9 Å². The summed E-state index contributed by atoms with van der Waals surface area (Å²) >= 11 is 0. The monoisotopic (exact) mass is 339 g/mol. The van der Waals surface area contributed by atoms with Gasteiger partial charge in [-0.1, -0.05) is 39.0 Å². The molecule has 0 unspecified atom stereocenters. The number of para-hydroxylation sites is 1. The van der Waals surface area contributed by atoms with Gasteiger partial charge in [-0.3, -0.25) is 4.79 Å². The summed E-state index contributed by atoms with van der Waals surface area (Å²) in [5.74, 6) is 1.80. The highest BCUT2D eigenvalue weighted by atomic mass is 16.5. The quantitative estimate of drug-likeness (QED) is 0.858. The van der Waals surface area contributed by atoms with Crippen LogP contribution in [-0.4, -0.2) is 27.9 Å². The number of ether oxygens (including phenoxy) is 1. The van der Waals surface area contributed by atoms with Gasteiger partial charge in [-0.25, -0.2) is 9.97 Å². The van der Waals surface area contributed by atoms with E-state index in [2.05, 4.69) is 30.7 Å². The predicted molar refractivity (Wildman–Crippen MR) is 96.3 cm³/mol. The minimum atomic E-state index is -0.0870. The van der Waals surface area contributed by atoms with Crippen molar-refractivity contribution in [2.75, 3.05) is 7.11 Å². The van der Waals surface area contributed by atoms with Crippen LogP contribution in [0.3, 0.4) is 0 Å². The van der Waals surface area contributed by atoms with E-state index in [1.54, 1.807) is 7.11 Å². The molecule has 0 saturated carbocycles. The molecule has 0 N–H and O–H groups in total. The Hall–Kier alpha value is -2.43. The fourth-order valence-electron chi connectivity index (χ4n) is 3.00. The molecule has 5 heteroatoms. The summed E-state index contributed by atoms with van der Waals surface area (Å²) in [7, 11) is 1.66. The average Bonchev–Trinajstić information content (AvgIpc) is 3.02. The molecule has 25 heavy (non-hydrogen) atoms. The number of hydrogen-bond acceptors (Lipinski definition) is 4. The number of amides is 1. The Kier molecular flexibility index (Phi) is 4.75. The molecule has 0 saturated heterocycles. The lowest BCUT2D eigenvalue weighted by Crippen LogP contribution is -2.25. The number of fused-ring (bicyclic) bond motifs is 1. The lowest BCUT2D eigenvalue weighted by molar-refractivity contribution is -0.131. The SMILES string of the molecule is COc1ccccc1CCC(=O)N1Cc2cnc(C(C)(C)C)nc2C1. The number of methoxy groups -OCH3 is 1. The first kappa shape index (κ1) is 17.4. The van der Waals surface area contributed by atoms with Crippen molar-refractivity contribution in [2.45, 2.75) is 52.1 Å². The van der Waals surface area contributed by atoms with E-state index >= 15 is 0 Å². The van der Waals surface area contributed by atoms with Gasteiger partial charge in [-0.15, -0.1) is 0 Å². The molecule has 2 heterocycles. The predicted octanol–water partition coefficient (Wildman–Crippen LogP) is 3.26. The molecule has 5 nitrogen and oxygen atoms in total. The number of hydrogen-bond donors (Lipinski definition) is 0. The Balaban J connectivity index is 1.64. The van der Waals surface area contributed by atoms with Crippen molar-refractivity contribution in [1.29, 1.82) is 0 Å². The molecule has 1 aromatic heterocycles. The Morgan fingerprint density at radius 1 is 1.24 bits per heavy atom. The van der Waals surface area contributed by atoms with Gasteiger partial charge in [-0.2, -0.15) is 0 Å². The maximum absolute atomic E-state index is 12.6. The van der Waals surface area contributed by atoms with Crippen molar-refractivity contribution in [3.8, 4) is 5.75 Å². The molecule has 0 atom stereocenters. The van der Waals surface area contributed by atoms with Crippen molar-refractivity contribution in [3.05, 3.63) is 53.1 Å². The standard InChI is InChI=1S/C20H25N3O2/c1-20(2,3)19-21-11-15-12-23(13-16(15)22-19)18(24)10-9-14-7-5-6-8-17(14)25-4/h5-8,11H,9-10,12-13H2,1-4H3. The van der Waals surface area contributed by atoms with Gasteiger partial charge in [0.1, 0.15) is 11.6 Å². The van der Waals surface area contributed by atoms with Crippen LogP contribution in [0.4, 0.5) is 0 Å². The van der Waals surface area contributed by atoms with Crippen molar-refractivity contribution >= 4 is 5.91 Å². The molecule has 0 fully saturated rings. The van der Waals surface area contributed by atoms with Crippen molar-refractivity contribution in [3.63, 3.8) is 0 Å². The molecule has 1 aromatic carbocycles. The second-order valence-electron chi connectivity index (χ2n) is 7.48. The molecule has 0 spiro atoms. The summed E-state index contributed by atoms with van der Waals surface area (Å²) in [6, 6.07) is 7.84. The van der Waals surface area contributed by atoms with E-state index < -0.39 is 0 Å². The largest absolute Gasteiger partial charge is 0.496 e. The number of aromatic nitrogens is 2. The van der Waals surface area contributed by atoms with Gasteiger partial charge in [0.15, 0.2) is 0 Å². The summed E-state index contributed by atoms with van der Waals surface area (Å²) in [5.41, 5.74) is 3.00. The van der Waals surface area contributed by atoms with E-state index in [1.165, 1.54) is 0 Å². The van der Waals surface area contributed by atoms with Gasteiger partial charge < -0.3 is 9.64 Å². The topological polar surface area (TPSA) is 55.3 Å². The van der Waals surface area contributed by atoms with Crippen LogP contribution in [0.5, 0.6) is 5.75 Å². The van der Waals surface area contributed by atoms with Crippen LogP contribution in [0.1, 0.15) is 49.8 Å². The maximum Gasteiger partial charge on any atom is 0.223 e. The Bertz CT molecular complexity index is 781. The third-order valence-corrected chi connectivity index (χ3v) is 4.48. The smallest absolute Gasteiger partial charge is 0.223 e. The molecule has 1 amide bonds. The zero-order chi connectivity index (χ0) is 18.0. The van der Waals surface area contributed by atoms with E-state index in [0.717, 1.165) is 28.4 Å². The number of rotatable bonds is 4. The third kappa shape index (κ3) is 3.81. The van der Waals surface area contributed by atoms with E-state index in [-0.39, 0.29) is 11.3 Å². The molecule has 0 radical (unpaired) electrons. The van der Waals surface area contributed by atoms with Crippen LogP contribution in [0.25, 0.3) is 0 Å². The van der Waals surface area contributed by atoms with E-state index in [4.69, 9.17) is 4.74 Å². The van der Waals surface area contributed by atoms with Crippen LogP contribution in [0.2, 0.25) is 0 Å². The fourth-order valence-corrected chi connectivity index (χ4v) is 3.00. The number of aryl methyl sites for hydroxylation is 1. The maximum atomic E-state index is 12.6. The molecule has 132 valence electrons. The fraction of sp³-hybridized carbons (Fsp3) is 0.450. The van der Waals surface area contributed by atoms with Crippen LogP contribution in [0.15, 0.2) is 30.5 Å². The van der Waals surface area contributed by atoms with Crippen LogP contribution >= 0.6 is 0 Å². The van der Waals surface area contributed by atoms with Gasteiger partial charge in [-0.05, 0) is 18.1 Å². The third-order valence-electron chi connectivity index (χ3n) is 4.48. The average molecular weight is 339 g/mol. The van der Waals surface area contributed by atoms with Gasteiger partial charge in [0, 0.05) is 30.1 Å². The summed E-state index contributed by atoms with van der Waals surface area (Å²) < 4.78 is 5.36. The second-order valence-corrected chi connectivity index (χ2v) is 7.48. The van der Waals surface area contributed by atoms with Crippen LogP contribution in [0, 0.1) is 0 Å². The summed E-state index contributed by atoms with van der Waals surface area (Å²) in [5, 5.41) is 0. The number of carbonyl (C=O) groups is 1. The zero-order valence-electron chi connectivity index (χ0n) is 15.4. The minimum Gasteiger partial charge on any atom is -0.496 e. The second kappa shape index (κ2) is 6.82. The molecule has 0 aliphatic carbocycles. The molecule has 2 aromatic rings. The molecule has 0 bridgehead atoms. The Morgan fingerprint density at radius 3 is 2.72 bits per heavy atom. The van der Waals surface area contributed by atoms with Crippen LogP contribution < -0.4 is 4.74 Å². The number of benzene rings is 1. The molecule has 3 rings (SSSR count). The first-order chi connectivity index (χ1) is 11.9. The molecule has 1 aliphatic heterocycles. The molecular formula is C20H25N3O2. The number of nitrogens with zero attached hydrogens (tertiary/aromatic N) is 3. The lowest BCUT2D eigenvalue weighted by atomic mass is 9.95. The summed E-state index contributed by atoms with van der Waals surface area (Å²) in [6.07, 6.45) is 3.01. The highest BCUT2D eigenvalue weighted by Crippen LogP contribution is 2.26. The lowest BCUT2D eigenvalue weighted by Gasteiger charge is -2.16. The van der Waals surface area contributed by atoms with Gasteiger partial charge in [0.2, 0.25) is 5.91 Å². The zero-order valence-corrected chi connectivity index (χ0v) is 15.4. The highest BCUT2D eigenvalue weighted by Gasteiger charge is 2.27. The first-order valence-electron chi connectivity index (χ1n) is 8.63. The van der Waals surface area contributed by atoms with E-state index in [1.807, 2.05) is 35.4 Å². The van der Waals surface area contributed by atoms with E-state index in [9.17, 15) is 4.79 Å². The Morgan fingerprint density at radius 2 is 2.00 bits per heavy atom. The molecular weight excluding hydrogens is 314 g/mol. The van der Waals surface area contributed by atoms with Gasteiger partial charge >= 0.3 is 0 Å². The highest BCUT2D eigenvalue weighted by molar-refractivity contribution is 5.77. The normalized spacial score (nSPS) is 13.7. The number of carbonyl (C=O) groups excluding carboxylic acids is 1. The van der Waals surface area contributed by atoms with Crippen molar-refractivity contribution in [1.82, 2.24) is 14.9 Å².